The quantitative estimate of drug-likeness (QED) is 0.409. The maximum Gasteiger partial charge on any atom is 0.344 e. The number of piperazine rings is 1. The van der Waals surface area contributed by atoms with Gasteiger partial charge in [-0.1, -0.05) is 11.8 Å². The third kappa shape index (κ3) is 2.95. The Morgan fingerprint density at radius 2 is 1.97 bits per heavy atom. The number of benzene rings is 1. The zero-order chi connectivity index (χ0) is 21.7. The van der Waals surface area contributed by atoms with E-state index in [4.69, 9.17) is 4.74 Å². The molecule has 0 saturated carbocycles. The molecule has 1 fully saturated rings. The molecular formula is C19H21FN4O5S. The normalized spacial score (nSPS) is 16.3. The van der Waals surface area contributed by atoms with Crippen molar-refractivity contribution in [3.8, 4) is 0 Å². The van der Waals surface area contributed by atoms with Gasteiger partial charge in [0.15, 0.2) is 11.5 Å². The number of aromatic nitrogens is 1. The summed E-state index contributed by atoms with van der Waals surface area (Å²) in [6.45, 7) is 5.28. The van der Waals surface area contributed by atoms with Gasteiger partial charge in [-0.25, -0.2) is 9.18 Å². The number of thioether (sulfide) groups is 1. The lowest BCUT2D eigenvalue weighted by atomic mass is 10.0. The largest absolute Gasteiger partial charge is 0.462 e. The Kier molecular flexibility index (Phi) is 5.18. The number of anilines is 1. The lowest BCUT2D eigenvalue weighted by Crippen LogP contribution is -2.45. The molecule has 1 saturated heterocycles. The molecule has 2 aromatic rings. The van der Waals surface area contributed by atoms with Gasteiger partial charge in [0, 0.05) is 31.7 Å². The second-order valence-electron chi connectivity index (χ2n) is 7.34. The summed E-state index contributed by atoms with van der Waals surface area (Å²) in [5.74, 6) is -1.27. The van der Waals surface area contributed by atoms with Gasteiger partial charge in [0.05, 0.1) is 27.8 Å². The van der Waals surface area contributed by atoms with Crippen LogP contribution in [0.5, 0.6) is 0 Å². The highest BCUT2D eigenvalue weighted by Crippen LogP contribution is 2.45. The van der Waals surface area contributed by atoms with E-state index >= 15 is 4.39 Å². The predicted octanol–water partition coefficient (Wildman–Crippen LogP) is 2.35. The molecule has 11 heteroatoms. The summed E-state index contributed by atoms with van der Waals surface area (Å²) in [5, 5.41) is 12.3. The lowest BCUT2D eigenvalue weighted by Gasteiger charge is -2.35. The van der Waals surface area contributed by atoms with E-state index < -0.39 is 27.8 Å². The van der Waals surface area contributed by atoms with Crippen molar-refractivity contribution in [3.63, 3.8) is 0 Å². The van der Waals surface area contributed by atoms with Crippen LogP contribution < -0.4 is 10.3 Å². The van der Waals surface area contributed by atoms with E-state index in [2.05, 4.69) is 4.90 Å². The van der Waals surface area contributed by atoms with Gasteiger partial charge in [-0.3, -0.25) is 14.9 Å². The highest BCUT2D eigenvalue weighted by Gasteiger charge is 2.38. The standard InChI is InChI=1S/C19H21FN4O5S/c1-4-29-19(26)12-17(25)11-10(2)13(20)15(22-7-5-21(3)6-8-22)16(24(27)28)14(11)23-9-30-18(12)23/h4-9H2,1-3H3. The average molecular weight is 436 g/mol. The number of nitro groups is 1. The summed E-state index contributed by atoms with van der Waals surface area (Å²) >= 11 is 1.24. The smallest absolute Gasteiger partial charge is 0.344 e. The van der Waals surface area contributed by atoms with Crippen molar-refractivity contribution in [2.75, 3.05) is 44.7 Å². The number of rotatable bonds is 4. The second kappa shape index (κ2) is 7.55. The lowest BCUT2D eigenvalue weighted by molar-refractivity contribution is -0.382. The van der Waals surface area contributed by atoms with E-state index in [0.29, 0.717) is 37.1 Å². The molecule has 1 aromatic carbocycles. The minimum absolute atomic E-state index is 0.00674. The molecule has 0 atom stereocenters. The Bertz CT molecular complexity index is 1140. The fraction of sp³-hybridized carbons (Fsp3) is 0.474. The van der Waals surface area contributed by atoms with E-state index in [1.165, 1.54) is 18.7 Å². The molecule has 30 heavy (non-hydrogen) atoms. The van der Waals surface area contributed by atoms with Crippen LogP contribution in [0.15, 0.2) is 9.82 Å². The monoisotopic (exact) mass is 436 g/mol. The first kappa shape index (κ1) is 20.6. The molecule has 0 spiro atoms. The predicted molar refractivity (Wildman–Crippen MR) is 111 cm³/mol. The number of pyridine rings is 1. The summed E-state index contributed by atoms with van der Waals surface area (Å²) in [4.78, 5) is 40.8. The number of likely N-dealkylation sites (N-methyl/N-ethyl adjacent to an activating group) is 1. The molecule has 4 rings (SSSR count). The Hall–Kier alpha value is -2.66. The van der Waals surface area contributed by atoms with Crippen molar-refractivity contribution in [1.29, 1.82) is 0 Å². The highest BCUT2D eigenvalue weighted by molar-refractivity contribution is 7.99. The number of halogens is 1. The molecule has 160 valence electrons. The summed E-state index contributed by atoms with van der Waals surface area (Å²) in [7, 11) is 1.93. The molecule has 0 amide bonds. The Morgan fingerprint density at radius 1 is 1.30 bits per heavy atom. The van der Waals surface area contributed by atoms with Gasteiger partial charge in [-0.05, 0) is 20.9 Å². The minimum atomic E-state index is -0.800. The van der Waals surface area contributed by atoms with E-state index in [-0.39, 0.29) is 34.3 Å². The van der Waals surface area contributed by atoms with Crippen molar-refractivity contribution >= 4 is 40.0 Å². The van der Waals surface area contributed by atoms with Gasteiger partial charge < -0.3 is 19.1 Å². The minimum Gasteiger partial charge on any atom is -0.462 e. The van der Waals surface area contributed by atoms with E-state index in [1.807, 2.05) is 7.05 Å². The van der Waals surface area contributed by atoms with Gasteiger partial charge in [-0.15, -0.1) is 0 Å². The van der Waals surface area contributed by atoms with Crippen molar-refractivity contribution in [3.05, 3.63) is 37.3 Å². The molecular weight excluding hydrogens is 415 g/mol. The number of nitrogens with zero attached hydrogens (tertiary/aromatic N) is 4. The Morgan fingerprint density at radius 3 is 2.50 bits per heavy atom. The zero-order valence-corrected chi connectivity index (χ0v) is 17.7. The van der Waals surface area contributed by atoms with Crippen LogP contribution in [-0.4, -0.2) is 60.2 Å². The third-order valence-electron chi connectivity index (χ3n) is 5.59. The number of carbonyl (C=O) groups is 1. The SMILES string of the molecule is CCOC(=O)c1c2n(c3c([N+](=O)[O-])c(N4CCN(C)CC4)c(F)c(C)c3c1=O)CS2. The number of hydrogen-bond donors (Lipinski definition) is 0. The van der Waals surface area contributed by atoms with Crippen LogP contribution in [0.4, 0.5) is 15.8 Å². The second-order valence-corrected chi connectivity index (χ2v) is 8.27. The van der Waals surface area contributed by atoms with Crippen molar-refractivity contribution in [1.82, 2.24) is 9.47 Å². The topological polar surface area (TPSA) is 97.9 Å². The van der Waals surface area contributed by atoms with Crippen molar-refractivity contribution in [2.45, 2.75) is 24.8 Å². The van der Waals surface area contributed by atoms with Crippen LogP contribution >= 0.6 is 11.8 Å². The number of esters is 1. The van der Waals surface area contributed by atoms with Crippen LogP contribution in [0.3, 0.4) is 0 Å². The van der Waals surface area contributed by atoms with Crippen molar-refractivity contribution < 1.29 is 18.8 Å². The molecule has 0 unspecified atom stereocenters. The molecule has 3 heterocycles. The molecule has 0 radical (unpaired) electrons. The Labute approximate surface area is 175 Å². The number of aryl methyl sites for hydroxylation is 1. The van der Waals surface area contributed by atoms with Crippen LogP contribution in [-0.2, 0) is 10.6 Å². The van der Waals surface area contributed by atoms with Crippen LogP contribution in [0, 0.1) is 22.9 Å². The third-order valence-corrected chi connectivity index (χ3v) is 6.68. The first-order valence-electron chi connectivity index (χ1n) is 9.58. The molecule has 2 aliphatic rings. The Balaban J connectivity index is 2.07. The molecule has 0 N–H and O–H groups in total. The summed E-state index contributed by atoms with van der Waals surface area (Å²) in [5.41, 5.74) is -1.36. The number of nitro benzene ring substituents is 1. The highest BCUT2D eigenvalue weighted by atomic mass is 32.2. The molecule has 2 aliphatic heterocycles. The van der Waals surface area contributed by atoms with Crippen LogP contribution in [0.2, 0.25) is 0 Å². The zero-order valence-electron chi connectivity index (χ0n) is 16.9. The van der Waals surface area contributed by atoms with Gasteiger partial charge in [-0.2, -0.15) is 0 Å². The maximum atomic E-state index is 15.5. The average Bonchev–Trinajstić information content (AvgIpc) is 2.67. The van der Waals surface area contributed by atoms with E-state index in [1.54, 1.807) is 16.4 Å². The fourth-order valence-electron chi connectivity index (χ4n) is 4.00. The van der Waals surface area contributed by atoms with E-state index in [0.717, 1.165) is 0 Å². The molecule has 0 aliphatic carbocycles. The molecule has 9 nitrogen and oxygen atoms in total. The summed E-state index contributed by atoms with van der Waals surface area (Å²) < 4.78 is 22.1. The van der Waals surface area contributed by atoms with Crippen LogP contribution in [0.25, 0.3) is 10.9 Å². The van der Waals surface area contributed by atoms with Gasteiger partial charge in [0.2, 0.25) is 5.43 Å². The number of fused-ring (bicyclic) bond motifs is 3. The van der Waals surface area contributed by atoms with Gasteiger partial charge in [0.1, 0.15) is 11.1 Å². The van der Waals surface area contributed by atoms with Gasteiger partial charge >= 0.3 is 11.7 Å². The first-order valence-corrected chi connectivity index (χ1v) is 10.6. The van der Waals surface area contributed by atoms with Crippen LogP contribution in [0.1, 0.15) is 22.8 Å². The summed E-state index contributed by atoms with van der Waals surface area (Å²) in [6, 6.07) is 0. The van der Waals surface area contributed by atoms with Gasteiger partial charge in [0.25, 0.3) is 0 Å². The number of hydrogen-bond acceptors (Lipinski definition) is 8. The summed E-state index contributed by atoms with van der Waals surface area (Å²) in [6.07, 6.45) is 0. The van der Waals surface area contributed by atoms with Crippen molar-refractivity contribution in [2.24, 2.45) is 0 Å². The first-order chi connectivity index (χ1) is 14.3. The maximum absolute atomic E-state index is 15.5. The number of ether oxygens (including phenoxy) is 1. The number of carbonyl (C=O) groups excluding carboxylic acids is 1. The fourth-order valence-corrected chi connectivity index (χ4v) is 4.93. The molecule has 1 aromatic heterocycles. The molecule has 0 bridgehead atoms. The van der Waals surface area contributed by atoms with E-state index in [9.17, 15) is 19.7 Å².